The van der Waals surface area contributed by atoms with Gasteiger partial charge in [0.05, 0.1) is 0 Å². The van der Waals surface area contributed by atoms with Crippen molar-refractivity contribution in [2.24, 2.45) is 11.8 Å². The van der Waals surface area contributed by atoms with Crippen LogP contribution in [0.4, 0.5) is 17.8 Å². The minimum Gasteiger partial charge on any atom is -0.368 e. The first-order chi connectivity index (χ1) is 16.7. The average molecular weight is 474 g/mol. The zero-order valence-electron chi connectivity index (χ0n) is 21.2. The van der Waals surface area contributed by atoms with Gasteiger partial charge in [0, 0.05) is 38.3 Å². The summed E-state index contributed by atoms with van der Waals surface area (Å²) in [6.45, 7) is 9.26. The molecule has 9 nitrogen and oxygen atoms in total. The summed E-state index contributed by atoms with van der Waals surface area (Å²) >= 11 is 0. The second-order valence-corrected chi connectivity index (χ2v) is 10.7. The van der Waals surface area contributed by atoms with Crippen molar-refractivity contribution in [2.75, 3.05) is 61.8 Å². The van der Waals surface area contributed by atoms with Crippen LogP contribution in [0, 0.1) is 11.8 Å². The summed E-state index contributed by atoms with van der Waals surface area (Å²) in [5, 5.41) is 14.3. The Morgan fingerprint density at radius 3 is 2.47 bits per heavy atom. The highest BCUT2D eigenvalue weighted by atomic mass is 15.3. The molecular formula is C25H47N9. The van der Waals surface area contributed by atoms with E-state index in [0.29, 0.717) is 29.8 Å². The molecule has 3 fully saturated rings. The number of piperazine rings is 1. The van der Waals surface area contributed by atoms with Crippen LogP contribution < -0.4 is 31.9 Å². The van der Waals surface area contributed by atoms with Gasteiger partial charge in [-0.05, 0) is 83.3 Å². The van der Waals surface area contributed by atoms with Crippen molar-refractivity contribution in [3.8, 4) is 0 Å². The van der Waals surface area contributed by atoms with Gasteiger partial charge in [0.25, 0.3) is 0 Å². The molecular weight excluding hydrogens is 426 g/mol. The van der Waals surface area contributed by atoms with Gasteiger partial charge in [0.2, 0.25) is 17.8 Å². The lowest BCUT2D eigenvalue weighted by atomic mass is 9.82. The molecule has 1 aromatic heterocycles. The largest absolute Gasteiger partial charge is 0.368 e. The first-order valence-corrected chi connectivity index (χ1v) is 13.8. The van der Waals surface area contributed by atoms with Gasteiger partial charge in [-0.15, -0.1) is 0 Å². The third-order valence-electron chi connectivity index (χ3n) is 7.81. The van der Waals surface area contributed by atoms with Crippen LogP contribution in [-0.4, -0.2) is 72.8 Å². The molecule has 0 radical (unpaired) electrons. The Balaban J connectivity index is 1.09. The first-order valence-electron chi connectivity index (χ1n) is 13.8. The lowest BCUT2D eigenvalue weighted by Crippen LogP contribution is -2.50. The number of hydrogen-bond donors (Lipinski definition) is 5. The molecule has 4 rings (SSSR count). The Morgan fingerprint density at radius 2 is 1.71 bits per heavy atom. The monoisotopic (exact) mass is 473 g/mol. The van der Waals surface area contributed by atoms with E-state index in [1.165, 1.54) is 70.8 Å². The molecule has 2 aliphatic carbocycles. The quantitative estimate of drug-likeness (QED) is 0.309. The molecule has 0 bridgehead atoms. The molecule has 1 atom stereocenters. The number of nitrogens with zero attached hydrogens (tertiary/aromatic N) is 4. The third-order valence-corrected chi connectivity index (χ3v) is 7.81. The van der Waals surface area contributed by atoms with E-state index in [2.05, 4.69) is 48.0 Å². The van der Waals surface area contributed by atoms with E-state index in [9.17, 15) is 0 Å². The fraction of sp³-hybridized carbons (Fsp3) is 0.880. The van der Waals surface area contributed by atoms with Gasteiger partial charge in [-0.1, -0.05) is 19.3 Å². The Hall–Kier alpha value is -1.71. The zero-order chi connectivity index (χ0) is 23.6. The highest BCUT2D eigenvalue weighted by Crippen LogP contribution is 2.28. The van der Waals surface area contributed by atoms with Gasteiger partial charge >= 0.3 is 0 Å². The number of aromatic nitrogens is 3. The van der Waals surface area contributed by atoms with Crippen molar-refractivity contribution in [2.45, 2.75) is 83.2 Å². The fourth-order valence-electron chi connectivity index (χ4n) is 5.72. The molecule has 0 spiro atoms. The van der Waals surface area contributed by atoms with Gasteiger partial charge < -0.3 is 31.9 Å². The maximum atomic E-state index is 5.99. The van der Waals surface area contributed by atoms with Crippen molar-refractivity contribution in [1.82, 2.24) is 30.9 Å². The maximum Gasteiger partial charge on any atom is 0.232 e. The number of hydrogen-bond acceptors (Lipinski definition) is 9. The average Bonchev–Trinajstić information content (AvgIpc) is 2.86. The minimum atomic E-state index is 0.294. The number of anilines is 3. The highest BCUT2D eigenvalue weighted by molar-refractivity contribution is 5.42. The standard InChI is InChI=1S/C25H47N9/c1-19-18-34(15-14-28-19)25-32-23(26)31-24(33-25)30-17-21-10-8-20(9-11-21)16-27-12-5-13-29-22-6-3-2-4-7-22/h19-22,27-29H,2-18H2,1H3,(H3,26,30,31,32,33)/t19-,20-,21-/m1/s1. The lowest BCUT2D eigenvalue weighted by Gasteiger charge is -2.32. The second-order valence-electron chi connectivity index (χ2n) is 10.7. The van der Waals surface area contributed by atoms with Gasteiger partial charge in [0.1, 0.15) is 0 Å². The summed E-state index contributed by atoms with van der Waals surface area (Å²) in [7, 11) is 0. The fourth-order valence-corrected chi connectivity index (χ4v) is 5.72. The smallest absolute Gasteiger partial charge is 0.232 e. The van der Waals surface area contributed by atoms with E-state index in [-0.39, 0.29) is 0 Å². The van der Waals surface area contributed by atoms with Crippen LogP contribution >= 0.6 is 0 Å². The van der Waals surface area contributed by atoms with Crippen LogP contribution in [0.3, 0.4) is 0 Å². The molecule has 1 aromatic rings. The Labute approximate surface area is 205 Å². The van der Waals surface area contributed by atoms with Gasteiger partial charge in [-0.3, -0.25) is 0 Å². The topological polar surface area (TPSA) is 116 Å². The predicted octanol–water partition coefficient (Wildman–Crippen LogP) is 2.37. The van der Waals surface area contributed by atoms with Gasteiger partial charge in [0.15, 0.2) is 0 Å². The van der Waals surface area contributed by atoms with E-state index in [4.69, 9.17) is 5.73 Å². The highest BCUT2D eigenvalue weighted by Gasteiger charge is 2.22. The number of nitrogen functional groups attached to an aromatic ring is 1. The summed E-state index contributed by atoms with van der Waals surface area (Å²) < 4.78 is 0. The maximum absolute atomic E-state index is 5.99. The Morgan fingerprint density at radius 1 is 0.941 bits per heavy atom. The van der Waals surface area contributed by atoms with Gasteiger partial charge in [-0.2, -0.15) is 15.0 Å². The van der Waals surface area contributed by atoms with Crippen molar-refractivity contribution in [1.29, 1.82) is 0 Å². The van der Waals surface area contributed by atoms with Crippen molar-refractivity contribution >= 4 is 17.8 Å². The summed E-state index contributed by atoms with van der Waals surface area (Å²) in [5.41, 5.74) is 5.99. The summed E-state index contributed by atoms with van der Waals surface area (Å²) in [6.07, 6.45) is 13.4. The third kappa shape index (κ3) is 8.20. The van der Waals surface area contributed by atoms with E-state index in [1.807, 2.05) is 0 Å². The van der Waals surface area contributed by atoms with Gasteiger partial charge in [-0.25, -0.2) is 0 Å². The zero-order valence-corrected chi connectivity index (χ0v) is 21.2. The summed E-state index contributed by atoms with van der Waals surface area (Å²) in [6, 6.07) is 1.20. The molecule has 6 N–H and O–H groups in total. The van der Waals surface area contributed by atoms with Crippen LogP contribution in [-0.2, 0) is 0 Å². The van der Waals surface area contributed by atoms with Crippen molar-refractivity contribution < 1.29 is 0 Å². The molecule has 1 saturated heterocycles. The Kier molecular flexibility index (Phi) is 10.0. The molecule has 192 valence electrons. The van der Waals surface area contributed by atoms with Crippen LogP contribution in [0.15, 0.2) is 0 Å². The lowest BCUT2D eigenvalue weighted by molar-refractivity contribution is 0.275. The number of nitrogens with two attached hydrogens (primary N) is 1. The minimum absolute atomic E-state index is 0.294. The Bertz CT molecular complexity index is 716. The van der Waals surface area contributed by atoms with Crippen LogP contribution in [0.2, 0.25) is 0 Å². The molecule has 3 aliphatic rings. The normalized spacial score (nSPS) is 26.5. The van der Waals surface area contributed by atoms with Crippen LogP contribution in [0.5, 0.6) is 0 Å². The van der Waals surface area contributed by atoms with Crippen molar-refractivity contribution in [3.63, 3.8) is 0 Å². The second kappa shape index (κ2) is 13.4. The van der Waals surface area contributed by atoms with E-state index in [1.54, 1.807) is 0 Å². The van der Waals surface area contributed by atoms with Crippen LogP contribution in [0.1, 0.15) is 71.1 Å². The molecule has 34 heavy (non-hydrogen) atoms. The van der Waals surface area contributed by atoms with E-state index >= 15 is 0 Å². The molecule has 9 heteroatoms. The SMILES string of the molecule is C[C@@H]1CN(c2nc(N)nc(NC[C@H]3CC[C@H](CNCCCNC4CCCCC4)CC3)n2)CCN1. The number of nitrogens with one attached hydrogen (secondary N) is 4. The summed E-state index contributed by atoms with van der Waals surface area (Å²) in [4.78, 5) is 15.5. The molecule has 0 aromatic carbocycles. The first kappa shape index (κ1) is 25.4. The predicted molar refractivity (Wildman–Crippen MR) is 140 cm³/mol. The summed E-state index contributed by atoms with van der Waals surface area (Å²) in [5.74, 6) is 3.09. The van der Waals surface area contributed by atoms with Crippen LogP contribution in [0.25, 0.3) is 0 Å². The molecule has 1 aliphatic heterocycles. The molecule has 2 heterocycles. The molecule has 0 unspecified atom stereocenters. The van der Waals surface area contributed by atoms with E-state index in [0.717, 1.165) is 51.2 Å². The number of rotatable bonds is 11. The molecule has 0 amide bonds. The van der Waals surface area contributed by atoms with Crippen molar-refractivity contribution in [3.05, 3.63) is 0 Å². The molecule has 2 saturated carbocycles. The van der Waals surface area contributed by atoms with E-state index < -0.39 is 0 Å².